The lowest BCUT2D eigenvalue weighted by atomic mass is 9.93. The summed E-state index contributed by atoms with van der Waals surface area (Å²) in [5.41, 5.74) is 2.10. The van der Waals surface area contributed by atoms with Crippen LogP contribution in [-0.2, 0) is 17.9 Å². The van der Waals surface area contributed by atoms with E-state index in [1.54, 1.807) is 7.11 Å². The zero-order valence-electron chi connectivity index (χ0n) is 16.9. The van der Waals surface area contributed by atoms with E-state index in [4.69, 9.17) is 4.74 Å². The summed E-state index contributed by atoms with van der Waals surface area (Å²) in [7, 11) is 1.63. The van der Waals surface area contributed by atoms with Crippen molar-refractivity contribution in [2.75, 3.05) is 20.2 Å². The van der Waals surface area contributed by atoms with Crippen molar-refractivity contribution in [1.29, 1.82) is 0 Å². The van der Waals surface area contributed by atoms with Crippen molar-refractivity contribution >= 4 is 11.9 Å². The summed E-state index contributed by atoms with van der Waals surface area (Å²) < 4.78 is 5.21. The molecule has 3 amide bonds. The van der Waals surface area contributed by atoms with E-state index < -0.39 is 0 Å². The van der Waals surface area contributed by atoms with Crippen LogP contribution in [0.15, 0.2) is 54.6 Å². The molecule has 0 aliphatic carbocycles. The number of nitrogens with zero attached hydrogens (tertiary/aromatic N) is 1. The maximum Gasteiger partial charge on any atom is 0.317 e. The van der Waals surface area contributed by atoms with Crippen molar-refractivity contribution in [1.82, 2.24) is 15.5 Å². The van der Waals surface area contributed by atoms with E-state index in [0.29, 0.717) is 38.5 Å². The highest BCUT2D eigenvalue weighted by Crippen LogP contribution is 2.20. The number of rotatable bonds is 7. The first-order valence-corrected chi connectivity index (χ1v) is 10.1. The molecule has 0 saturated carbocycles. The third kappa shape index (κ3) is 6.52. The standard InChI is InChI=1S/C23H29N3O3/c1-29-21-9-5-8-20(14-21)17-25-23(28)26-12-10-18(11-13-26)15-22(27)24-16-19-6-3-2-4-7-19/h2-9,14,18H,10-13,15-17H2,1H3,(H,24,27)(H,25,28). The number of ether oxygens (including phenoxy) is 1. The Hall–Kier alpha value is -3.02. The molecule has 3 rings (SSSR count). The molecule has 1 aliphatic rings. The van der Waals surface area contributed by atoms with Gasteiger partial charge in [-0.2, -0.15) is 0 Å². The molecular formula is C23H29N3O3. The Balaban J connectivity index is 1.36. The Labute approximate surface area is 172 Å². The number of hydrogen-bond acceptors (Lipinski definition) is 3. The number of methoxy groups -OCH3 is 1. The molecule has 0 bridgehead atoms. The Morgan fingerprint density at radius 3 is 2.38 bits per heavy atom. The van der Waals surface area contributed by atoms with Crippen molar-refractivity contribution in [2.24, 2.45) is 5.92 Å². The predicted octanol–water partition coefficient (Wildman–Crippen LogP) is 3.32. The topological polar surface area (TPSA) is 70.7 Å². The number of hydrogen-bond donors (Lipinski definition) is 2. The molecule has 2 aromatic rings. The van der Waals surface area contributed by atoms with Gasteiger partial charge >= 0.3 is 6.03 Å². The number of carbonyl (C=O) groups excluding carboxylic acids is 2. The van der Waals surface area contributed by atoms with Crippen molar-refractivity contribution in [3.63, 3.8) is 0 Å². The molecule has 1 aliphatic heterocycles. The second-order valence-electron chi connectivity index (χ2n) is 7.41. The smallest absolute Gasteiger partial charge is 0.317 e. The molecule has 2 N–H and O–H groups in total. The zero-order valence-corrected chi connectivity index (χ0v) is 16.9. The van der Waals surface area contributed by atoms with Crippen LogP contribution in [0, 0.1) is 5.92 Å². The predicted molar refractivity (Wildman–Crippen MR) is 112 cm³/mol. The molecule has 1 fully saturated rings. The van der Waals surface area contributed by atoms with Gasteiger partial charge in [0.05, 0.1) is 7.11 Å². The maximum absolute atomic E-state index is 12.4. The normalized spacial score (nSPS) is 14.3. The second-order valence-corrected chi connectivity index (χ2v) is 7.41. The van der Waals surface area contributed by atoms with E-state index in [-0.39, 0.29) is 11.9 Å². The number of likely N-dealkylation sites (tertiary alicyclic amines) is 1. The molecule has 0 radical (unpaired) electrons. The number of urea groups is 1. The van der Waals surface area contributed by atoms with Gasteiger partial charge in [0.1, 0.15) is 5.75 Å². The van der Waals surface area contributed by atoms with Gasteiger partial charge in [-0.25, -0.2) is 4.79 Å². The fraction of sp³-hybridized carbons (Fsp3) is 0.391. The second kappa shape index (κ2) is 10.5. The monoisotopic (exact) mass is 395 g/mol. The van der Waals surface area contributed by atoms with Gasteiger partial charge in [-0.1, -0.05) is 42.5 Å². The number of nitrogens with one attached hydrogen (secondary N) is 2. The lowest BCUT2D eigenvalue weighted by molar-refractivity contribution is -0.122. The Morgan fingerprint density at radius 2 is 1.66 bits per heavy atom. The maximum atomic E-state index is 12.4. The summed E-state index contributed by atoms with van der Waals surface area (Å²) in [6.07, 6.45) is 2.22. The van der Waals surface area contributed by atoms with Crippen LogP contribution in [0.5, 0.6) is 5.75 Å². The van der Waals surface area contributed by atoms with Crippen LogP contribution in [0.3, 0.4) is 0 Å². The molecule has 6 nitrogen and oxygen atoms in total. The van der Waals surface area contributed by atoms with Gasteiger partial charge in [0.2, 0.25) is 5.91 Å². The highest BCUT2D eigenvalue weighted by molar-refractivity contribution is 5.76. The molecule has 0 atom stereocenters. The number of carbonyl (C=O) groups is 2. The van der Waals surface area contributed by atoms with Gasteiger partial charge < -0.3 is 20.3 Å². The highest BCUT2D eigenvalue weighted by Gasteiger charge is 2.24. The van der Waals surface area contributed by atoms with Gasteiger partial charge in [0, 0.05) is 32.6 Å². The van der Waals surface area contributed by atoms with Gasteiger partial charge in [0.25, 0.3) is 0 Å². The first kappa shape index (κ1) is 20.7. The van der Waals surface area contributed by atoms with E-state index in [1.807, 2.05) is 59.5 Å². The van der Waals surface area contributed by atoms with Crippen LogP contribution in [0.25, 0.3) is 0 Å². The zero-order chi connectivity index (χ0) is 20.5. The summed E-state index contributed by atoms with van der Waals surface area (Å²) in [4.78, 5) is 26.4. The summed E-state index contributed by atoms with van der Waals surface area (Å²) in [5, 5.41) is 5.95. The molecule has 154 valence electrons. The quantitative estimate of drug-likeness (QED) is 0.756. The van der Waals surface area contributed by atoms with Crippen LogP contribution < -0.4 is 15.4 Å². The van der Waals surface area contributed by atoms with Crippen molar-refractivity contribution in [2.45, 2.75) is 32.4 Å². The molecule has 0 aromatic heterocycles. The Bertz CT molecular complexity index is 802. The molecule has 0 unspecified atom stereocenters. The minimum absolute atomic E-state index is 0.0557. The van der Waals surface area contributed by atoms with Gasteiger partial charge in [0.15, 0.2) is 0 Å². The van der Waals surface area contributed by atoms with E-state index in [9.17, 15) is 9.59 Å². The molecule has 0 spiro atoms. The summed E-state index contributed by atoms with van der Waals surface area (Å²) in [5.74, 6) is 1.19. The van der Waals surface area contributed by atoms with E-state index in [2.05, 4.69) is 10.6 Å². The van der Waals surface area contributed by atoms with Crippen LogP contribution >= 0.6 is 0 Å². The molecule has 2 aromatic carbocycles. The van der Waals surface area contributed by atoms with Crippen molar-refractivity contribution < 1.29 is 14.3 Å². The SMILES string of the molecule is COc1cccc(CNC(=O)N2CCC(CC(=O)NCc3ccccc3)CC2)c1. The largest absolute Gasteiger partial charge is 0.497 e. The summed E-state index contributed by atoms with van der Waals surface area (Å²) >= 11 is 0. The van der Waals surface area contributed by atoms with Gasteiger partial charge in [-0.3, -0.25) is 4.79 Å². The lowest BCUT2D eigenvalue weighted by Crippen LogP contribution is -2.44. The first-order chi connectivity index (χ1) is 14.1. The van der Waals surface area contributed by atoms with Gasteiger partial charge in [-0.05, 0) is 42.0 Å². The van der Waals surface area contributed by atoms with Crippen LogP contribution in [0.4, 0.5) is 4.79 Å². The fourth-order valence-electron chi connectivity index (χ4n) is 3.54. The van der Waals surface area contributed by atoms with Gasteiger partial charge in [-0.15, -0.1) is 0 Å². The number of benzene rings is 2. The van der Waals surface area contributed by atoms with E-state index >= 15 is 0 Å². The number of amides is 3. The van der Waals surface area contributed by atoms with E-state index in [1.165, 1.54) is 0 Å². The average molecular weight is 396 g/mol. The van der Waals surface area contributed by atoms with Crippen molar-refractivity contribution in [3.8, 4) is 5.75 Å². The first-order valence-electron chi connectivity index (χ1n) is 10.1. The Kier molecular flexibility index (Phi) is 7.50. The molecular weight excluding hydrogens is 366 g/mol. The average Bonchev–Trinajstić information content (AvgIpc) is 2.77. The summed E-state index contributed by atoms with van der Waals surface area (Å²) in [6, 6.07) is 17.5. The molecule has 6 heteroatoms. The molecule has 1 saturated heterocycles. The fourth-order valence-corrected chi connectivity index (χ4v) is 3.54. The van der Waals surface area contributed by atoms with Crippen LogP contribution in [-0.4, -0.2) is 37.0 Å². The highest BCUT2D eigenvalue weighted by atomic mass is 16.5. The minimum Gasteiger partial charge on any atom is -0.497 e. The third-order valence-electron chi connectivity index (χ3n) is 5.29. The Morgan fingerprint density at radius 1 is 0.966 bits per heavy atom. The minimum atomic E-state index is -0.0557. The molecule has 29 heavy (non-hydrogen) atoms. The van der Waals surface area contributed by atoms with Crippen LogP contribution in [0.2, 0.25) is 0 Å². The van der Waals surface area contributed by atoms with E-state index in [0.717, 1.165) is 29.7 Å². The number of piperidine rings is 1. The van der Waals surface area contributed by atoms with Crippen LogP contribution in [0.1, 0.15) is 30.4 Å². The lowest BCUT2D eigenvalue weighted by Gasteiger charge is -2.31. The third-order valence-corrected chi connectivity index (χ3v) is 5.29. The van der Waals surface area contributed by atoms with Crippen molar-refractivity contribution in [3.05, 3.63) is 65.7 Å². The molecule has 1 heterocycles. The summed E-state index contributed by atoms with van der Waals surface area (Å²) in [6.45, 7) is 2.39.